The van der Waals surface area contributed by atoms with Gasteiger partial charge in [-0.1, -0.05) is 101 Å². The molecule has 0 bridgehead atoms. The standard InChI is InChI=1S/C40H49FO5/c1-4-6-7-8-29-9-11-32(12-10-29)33-13-15-34(16-14-33)38-20-19-35(22-31(38)5-2)36-17-18-37(39(41)23-36)21-30(25-45-27-43)26-46-40(44)28(3)24-42/h13-20,22-23,27,29-30,32,42H,3-12,21,24-26H2,1-2H3. The Kier molecular flexibility index (Phi) is 13.6. The van der Waals surface area contributed by atoms with Gasteiger partial charge in [-0.3, -0.25) is 4.79 Å². The summed E-state index contributed by atoms with van der Waals surface area (Å²) in [5.74, 6) is -0.00309. The lowest BCUT2D eigenvalue weighted by atomic mass is 9.77. The number of aryl methyl sites for hydroxylation is 1. The molecule has 1 aliphatic carbocycles. The molecule has 0 aliphatic heterocycles. The number of aliphatic hydroxyl groups excluding tert-OH is 1. The van der Waals surface area contributed by atoms with E-state index < -0.39 is 18.5 Å². The molecule has 1 N–H and O–H groups in total. The van der Waals surface area contributed by atoms with Crippen molar-refractivity contribution in [2.24, 2.45) is 11.8 Å². The molecule has 0 saturated heterocycles. The van der Waals surface area contributed by atoms with Gasteiger partial charge in [0.25, 0.3) is 6.47 Å². The van der Waals surface area contributed by atoms with Crippen molar-refractivity contribution >= 4 is 12.4 Å². The second kappa shape index (κ2) is 17.8. The van der Waals surface area contributed by atoms with E-state index in [0.717, 1.165) is 23.5 Å². The maximum atomic E-state index is 15.3. The lowest BCUT2D eigenvalue weighted by molar-refractivity contribution is -0.142. The van der Waals surface area contributed by atoms with Crippen LogP contribution in [0.1, 0.15) is 87.8 Å². The van der Waals surface area contributed by atoms with E-state index in [0.29, 0.717) is 18.0 Å². The molecule has 0 amide bonds. The first-order chi connectivity index (χ1) is 22.4. The van der Waals surface area contributed by atoms with E-state index in [2.05, 4.69) is 56.8 Å². The van der Waals surface area contributed by atoms with Gasteiger partial charge in [0.1, 0.15) is 5.82 Å². The van der Waals surface area contributed by atoms with Crippen LogP contribution in [-0.4, -0.2) is 37.4 Å². The third kappa shape index (κ3) is 9.62. The number of ether oxygens (including phenoxy) is 2. The monoisotopic (exact) mass is 628 g/mol. The summed E-state index contributed by atoms with van der Waals surface area (Å²) < 4.78 is 25.4. The van der Waals surface area contributed by atoms with Crippen LogP contribution in [0.25, 0.3) is 22.3 Å². The molecule has 246 valence electrons. The first-order valence-corrected chi connectivity index (χ1v) is 16.9. The summed E-state index contributed by atoms with van der Waals surface area (Å²) in [6.07, 6.45) is 11.8. The van der Waals surface area contributed by atoms with Gasteiger partial charge in [0.15, 0.2) is 0 Å². The maximum Gasteiger partial charge on any atom is 0.335 e. The van der Waals surface area contributed by atoms with E-state index in [1.165, 1.54) is 79.7 Å². The van der Waals surface area contributed by atoms with Crippen molar-refractivity contribution in [1.82, 2.24) is 0 Å². The van der Waals surface area contributed by atoms with Gasteiger partial charge >= 0.3 is 5.97 Å². The Labute approximate surface area is 273 Å². The van der Waals surface area contributed by atoms with E-state index in [1.54, 1.807) is 6.07 Å². The van der Waals surface area contributed by atoms with Crippen LogP contribution in [0, 0.1) is 17.7 Å². The van der Waals surface area contributed by atoms with Crippen LogP contribution in [0.15, 0.2) is 72.8 Å². The fourth-order valence-corrected chi connectivity index (χ4v) is 6.65. The number of hydrogen-bond donors (Lipinski definition) is 1. The molecule has 1 aliphatic rings. The molecular formula is C40H49FO5. The zero-order chi connectivity index (χ0) is 32.9. The number of carbonyl (C=O) groups is 2. The predicted molar refractivity (Wildman–Crippen MR) is 182 cm³/mol. The van der Waals surface area contributed by atoms with E-state index in [9.17, 15) is 9.59 Å². The fraction of sp³-hybridized carbons (Fsp3) is 0.450. The molecule has 46 heavy (non-hydrogen) atoms. The Bertz CT molecular complexity index is 1440. The molecule has 3 aromatic rings. The zero-order valence-corrected chi connectivity index (χ0v) is 27.4. The minimum absolute atomic E-state index is 0.0356. The summed E-state index contributed by atoms with van der Waals surface area (Å²) >= 11 is 0. The van der Waals surface area contributed by atoms with Gasteiger partial charge in [0.2, 0.25) is 0 Å². The minimum atomic E-state index is -0.740. The normalized spacial score (nSPS) is 16.9. The molecule has 4 rings (SSSR count). The highest BCUT2D eigenvalue weighted by atomic mass is 19.1. The average molecular weight is 629 g/mol. The van der Waals surface area contributed by atoms with Crippen molar-refractivity contribution in [3.63, 3.8) is 0 Å². The van der Waals surface area contributed by atoms with Gasteiger partial charge in [0, 0.05) is 5.92 Å². The summed E-state index contributed by atoms with van der Waals surface area (Å²) in [6, 6.07) is 20.6. The third-order valence-corrected chi connectivity index (χ3v) is 9.47. The van der Waals surface area contributed by atoms with Crippen molar-refractivity contribution in [2.75, 3.05) is 19.8 Å². The lowest BCUT2D eigenvalue weighted by Gasteiger charge is -2.29. The van der Waals surface area contributed by atoms with Crippen LogP contribution in [-0.2, 0) is 31.9 Å². The summed E-state index contributed by atoms with van der Waals surface area (Å²) in [5.41, 5.74) is 7.13. The Hall–Kier alpha value is -3.77. The number of unbranched alkanes of at least 4 members (excludes halogenated alkanes) is 2. The minimum Gasteiger partial charge on any atom is -0.467 e. The first kappa shape index (κ1) is 35.1. The van der Waals surface area contributed by atoms with E-state index >= 15 is 4.39 Å². The number of benzene rings is 3. The molecule has 1 unspecified atom stereocenters. The van der Waals surface area contributed by atoms with Gasteiger partial charge in [-0.05, 0) is 95.4 Å². The Morgan fingerprint density at radius 2 is 1.63 bits per heavy atom. The summed E-state index contributed by atoms with van der Waals surface area (Å²) in [7, 11) is 0. The summed E-state index contributed by atoms with van der Waals surface area (Å²) in [4.78, 5) is 22.7. The Morgan fingerprint density at radius 3 is 2.28 bits per heavy atom. The van der Waals surface area contributed by atoms with Gasteiger partial charge in [0.05, 0.1) is 25.4 Å². The predicted octanol–water partition coefficient (Wildman–Crippen LogP) is 9.00. The van der Waals surface area contributed by atoms with Crippen LogP contribution in [0.2, 0.25) is 0 Å². The topological polar surface area (TPSA) is 72.8 Å². The molecule has 0 spiro atoms. The van der Waals surface area contributed by atoms with Gasteiger partial charge in [-0.25, -0.2) is 9.18 Å². The number of halogens is 1. The van der Waals surface area contributed by atoms with E-state index in [1.807, 2.05) is 12.1 Å². The van der Waals surface area contributed by atoms with E-state index in [4.69, 9.17) is 14.6 Å². The molecular weight excluding hydrogens is 579 g/mol. The molecule has 5 nitrogen and oxygen atoms in total. The van der Waals surface area contributed by atoms with Crippen molar-refractivity contribution in [1.29, 1.82) is 0 Å². The second-order valence-electron chi connectivity index (χ2n) is 12.7. The zero-order valence-electron chi connectivity index (χ0n) is 27.4. The third-order valence-electron chi connectivity index (χ3n) is 9.47. The van der Waals surface area contributed by atoms with Crippen molar-refractivity contribution in [3.8, 4) is 22.3 Å². The van der Waals surface area contributed by atoms with Crippen LogP contribution in [0.3, 0.4) is 0 Å². The van der Waals surface area contributed by atoms with E-state index in [-0.39, 0.29) is 31.0 Å². The van der Waals surface area contributed by atoms with Gasteiger partial charge in [-0.15, -0.1) is 0 Å². The number of esters is 1. The molecule has 1 fully saturated rings. The van der Waals surface area contributed by atoms with Gasteiger partial charge in [-0.2, -0.15) is 0 Å². The van der Waals surface area contributed by atoms with Gasteiger partial charge < -0.3 is 14.6 Å². The molecule has 1 saturated carbocycles. The van der Waals surface area contributed by atoms with Crippen molar-refractivity contribution in [2.45, 2.75) is 84.0 Å². The Balaban J connectivity index is 1.42. The molecule has 6 heteroatoms. The first-order valence-electron chi connectivity index (χ1n) is 16.9. The molecule has 0 radical (unpaired) electrons. The second-order valence-corrected chi connectivity index (χ2v) is 12.7. The average Bonchev–Trinajstić information content (AvgIpc) is 3.09. The quantitative estimate of drug-likeness (QED) is 0.0699. The highest BCUT2D eigenvalue weighted by molar-refractivity contribution is 5.87. The number of rotatable bonds is 17. The summed E-state index contributed by atoms with van der Waals surface area (Å²) in [5, 5.41) is 9.07. The van der Waals surface area contributed by atoms with Crippen LogP contribution >= 0.6 is 0 Å². The highest BCUT2D eigenvalue weighted by Gasteiger charge is 2.22. The number of aliphatic hydroxyl groups is 1. The largest absolute Gasteiger partial charge is 0.467 e. The van der Waals surface area contributed by atoms with Crippen molar-refractivity contribution < 1.29 is 28.6 Å². The Morgan fingerprint density at radius 1 is 0.935 bits per heavy atom. The lowest BCUT2D eigenvalue weighted by Crippen LogP contribution is -2.22. The van der Waals surface area contributed by atoms with Crippen LogP contribution in [0.4, 0.5) is 4.39 Å². The summed E-state index contributed by atoms with van der Waals surface area (Å²) in [6.45, 7) is 7.52. The van der Waals surface area contributed by atoms with Crippen LogP contribution < -0.4 is 0 Å². The fourth-order valence-electron chi connectivity index (χ4n) is 6.65. The molecule has 3 aromatic carbocycles. The highest BCUT2D eigenvalue weighted by Crippen LogP contribution is 2.39. The smallest absolute Gasteiger partial charge is 0.335 e. The van der Waals surface area contributed by atoms with Crippen LogP contribution in [0.5, 0.6) is 0 Å². The number of hydrogen-bond acceptors (Lipinski definition) is 5. The molecule has 1 atom stereocenters. The molecule has 0 aromatic heterocycles. The number of carbonyl (C=O) groups excluding carboxylic acids is 2. The SMILES string of the molecule is C=C(CO)C(=O)OCC(COC=O)Cc1ccc(-c2ccc(-c3ccc(C4CCC(CCCCC)CC4)cc3)c(CC)c2)cc1F. The molecule has 0 heterocycles. The van der Waals surface area contributed by atoms with Crippen molar-refractivity contribution in [3.05, 3.63) is 95.3 Å². The maximum absolute atomic E-state index is 15.3.